The van der Waals surface area contributed by atoms with Crippen molar-refractivity contribution < 1.29 is 19.2 Å². The van der Waals surface area contributed by atoms with E-state index < -0.39 is 10.8 Å². The molecule has 0 unspecified atom stereocenters. The molecule has 3 rings (SSSR count). The highest BCUT2D eigenvalue weighted by molar-refractivity contribution is 6.05. The standard InChI is InChI=1S/C23H19N3O5/c1-31-20-13-11-19(12-14-20)25-23(28)17-6-9-18(10-7-17)24-22(27)15-8-16-4-2-3-5-21(16)26(29)30/h2-15H,1H3,(H,24,27)(H,25,28). The van der Waals surface area contributed by atoms with E-state index in [9.17, 15) is 19.7 Å². The van der Waals surface area contributed by atoms with Gasteiger partial charge in [0.25, 0.3) is 11.6 Å². The molecule has 0 saturated carbocycles. The van der Waals surface area contributed by atoms with Gasteiger partial charge < -0.3 is 15.4 Å². The van der Waals surface area contributed by atoms with Gasteiger partial charge in [-0.05, 0) is 60.7 Å². The number of rotatable bonds is 7. The van der Waals surface area contributed by atoms with Crippen LogP contribution < -0.4 is 15.4 Å². The second-order valence-electron chi connectivity index (χ2n) is 6.40. The lowest BCUT2D eigenvalue weighted by Crippen LogP contribution is -2.12. The summed E-state index contributed by atoms with van der Waals surface area (Å²) in [5.41, 5.74) is 1.78. The van der Waals surface area contributed by atoms with E-state index in [1.165, 1.54) is 18.2 Å². The highest BCUT2D eigenvalue weighted by Crippen LogP contribution is 2.19. The van der Waals surface area contributed by atoms with Gasteiger partial charge in [0.2, 0.25) is 5.91 Å². The van der Waals surface area contributed by atoms with E-state index in [1.807, 2.05) is 0 Å². The van der Waals surface area contributed by atoms with Crippen LogP contribution in [0.1, 0.15) is 15.9 Å². The Hall–Kier alpha value is -4.46. The molecule has 0 aromatic heterocycles. The number of ether oxygens (including phenoxy) is 1. The number of amides is 2. The summed E-state index contributed by atoms with van der Waals surface area (Å²) in [6.45, 7) is 0. The number of para-hydroxylation sites is 1. The van der Waals surface area contributed by atoms with E-state index in [2.05, 4.69) is 10.6 Å². The third-order valence-electron chi connectivity index (χ3n) is 4.31. The fraction of sp³-hybridized carbons (Fsp3) is 0.0435. The molecular formula is C23H19N3O5. The minimum atomic E-state index is -0.507. The Labute approximate surface area is 178 Å². The summed E-state index contributed by atoms with van der Waals surface area (Å²) < 4.78 is 5.08. The Balaban J connectivity index is 1.60. The highest BCUT2D eigenvalue weighted by atomic mass is 16.6. The third-order valence-corrected chi connectivity index (χ3v) is 4.31. The zero-order valence-electron chi connectivity index (χ0n) is 16.6. The number of carbonyl (C=O) groups is 2. The monoisotopic (exact) mass is 417 g/mol. The van der Waals surface area contributed by atoms with Crippen LogP contribution >= 0.6 is 0 Å². The predicted octanol–water partition coefficient (Wildman–Crippen LogP) is 4.51. The molecule has 0 aliphatic carbocycles. The van der Waals surface area contributed by atoms with Gasteiger partial charge in [0.15, 0.2) is 0 Å². The fourth-order valence-electron chi connectivity index (χ4n) is 2.73. The second-order valence-corrected chi connectivity index (χ2v) is 6.40. The lowest BCUT2D eigenvalue weighted by Gasteiger charge is -2.07. The van der Waals surface area contributed by atoms with Crippen LogP contribution in [-0.4, -0.2) is 23.8 Å². The van der Waals surface area contributed by atoms with Crippen LogP contribution in [0.3, 0.4) is 0 Å². The van der Waals surface area contributed by atoms with Crippen molar-refractivity contribution in [1.29, 1.82) is 0 Å². The number of carbonyl (C=O) groups excluding carboxylic acids is 2. The first-order valence-corrected chi connectivity index (χ1v) is 9.24. The first-order chi connectivity index (χ1) is 15.0. The summed E-state index contributed by atoms with van der Waals surface area (Å²) in [4.78, 5) is 35.0. The minimum Gasteiger partial charge on any atom is -0.497 e. The molecule has 156 valence electrons. The normalized spacial score (nSPS) is 10.5. The van der Waals surface area contributed by atoms with Crippen molar-refractivity contribution in [3.8, 4) is 5.75 Å². The molecule has 0 radical (unpaired) electrons. The SMILES string of the molecule is COc1ccc(NC(=O)c2ccc(NC(=O)C=Cc3ccccc3[N+](=O)[O-])cc2)cc1. The second kappa shape index (κ2) is 9.84. The Morgan fingerprint density at radius 3 is 2.16 bits per heavy atom. The maximum atomic E-state index is 12.4. The quantitative estimate of drug-likeness (QED) is 0.334. The molecule has 8 heteroatoms. The number of hydrogen-bond donors (Lipinski definition) is 2. The zero-order valence-corrected chi connectivity index (χ0v) is 16.6. The van der Waals surface area contributed by atoms with E-state index in [0.29, 0.717) is 28.3 Å². The number of anilines is 2. The first-order valence-electron chi connectivity index (χ1n) is 9.24. The Morgan fingerprint density at radius 1 is 0.903 bits per heavy atom. The summed E-state index contributed by atoms with van der Waals surface area (Å²) >= 11 is 0. The summed E-state index contributed by atoms with van der Waals surface area (Å²) in [7, 11) is 1.56. The first kappa shape index (κ1) is 21.3. The molecule has 0 bridgehead atoms. The molecule has 0 aliphatic rings. The molecule has 31 heavy (non-hydrogen) atoms. The number of hydrogen-bond acceptors (Lipinski definition) is 5. The molecule has 0 spiro atoms. The van der Waals surface area contributed by atoms with Crippen LogP contribution in [0, 0.1) is 10.1 Å². The van der Waals surface area contributed by atoms with Crippen molar-refractivity contribution in [1.82, 2.24) is 0 Å². The summed E-state index contributed by atoms with van der Waals surface area (Å²) in [6, 6.07) is 19.4. The van der Waals surface area contributed by atoms with Crippen molar-refractivity contribution in [2.45, 2.75) is 0 Å². The van der Waals surface area contributed by atoms with Crippen LogP contribution in [0.25, 0.3) is 6.08 Å². The van der Waals surface area contributed by atoms with Crippen LogP contribution in [0.4, 0.5) is 17.1 Å². The molecule has 0 saturated heterocycles. The van der Waals surface area contributed by atoms with Crippen molar-refractivity contribution in [2.75, 3.05) is 17.7 Å². The summed E-state index contributed by atoms with van der Waals surface area (Å²) in [6.07, 6.45) is 2.59. The molecule has 2 amide bonds. The molecule has 8 nitrogen and oxygen atoms in total. The zero-order chi connectivity index (χ0) is 22.2. The Morgan fingerprint density at radius 2 is 1.52 bits per heavy atom. The van der Waals surface area contributed by atoms with Gasteiger partial charge in [-0.2, -0.15) is 0 Å². The lowest BCUT2D eigenvalue weighted by atomic mass is 10.1. The maximum absolute atomic E-state index is 12.4. The molecule has 0 fully saturated rings. The van der Waals surface area contributed by atoms with Crippen molar-refractivity contribution in [3.63, 3.8) is 0 Å². The molecule has 0 heterocycles. The maximum Gasteiger partial charge on any atom is 0.276 e. The fourth-order valence-corrected chi connectivity index (χ4v) is 2.73. The Kier molecular flexibility index (Phi) is 6.74. The van der Waals surface area contributed by atoms with Gasteiger partial charge in [-0.1, -0.05) is 12.1 Å². The van der Waals surface area contributed by atoms with E-state index in [4.69, 9.17) is 4.74 Å². The summed E-state index contributed by atoms with van der Waals surface area (Å²) in [5, 5.41) is 16.4. The van der Waals surface area contributed by atoms with Gasteiger partial charge in [-0.15, -0.1) is 0 Å². The number of nitro benzene ring substituents is 1. The van der Waals surface area contributed by atoms with E-state index in [1.54, 1.807) is 73.8 Å². The van der Waals surface area contributed by atoms with Crippen molar-refractivity contribution in [3.05, 3.63) is 100 Å². The van der Waals surface area contributed by atoms with Crippen LogP contribution in [-0.2, 0) is 4.79 Å². The lowest BCUT2D eigenvalue weighted by molar-refractivity contribution is -0.385. The third kappa shape index (κ3) is 5.77. The van der Waals surface area contributed by atoms with Crippen molar-refractivity contribution >= 4 is 35.0 Å². The molecular weight excluding hydrogens is 398 g/mol. The van der Waals surface area contributed by atoms with E-state index >= 15 is 0 Å². The van der Waals surface area contributed by atoms with Gasteiger partial charge in [-0.3, -0.25) is 19.7 Å². The number of nitrogens with zero attached hydrogens (tertiary/aromatic N) is 1. The van der Waals surface area contributed by atoms with E-state index in [0.717, 1.165) is 0 Å². The van der Waals surface area contributed by atoms with Gasteiger partial charge in [0.05, 0.1) is 17.6 Å². The topological polar surface area (TPSA) is 111 Å². The smallest absolute Gasteiger partial charge is 0.276 e. The molecule has 3 aromatic rings. The number of methoxy groups -OCH3 is 1. The number of nitro groups is 1. The van der Waals surface area contributed by atoms with E-state index in [-0.39, 0.29) is 11.6 Å². The largest absolute Gasteiger partial charge is 0.497 e. The van der Waals surface area contributed by atoms with Gasteiger partial charge in [0, 0.05) is 29.1 Å². The van der Waals surface area contributed by atoms with Crippen molar-refractivity contribution in [2.24, 2.45) is 0 Å². The van der Waals surface area contributed by atoms with Crippen LogP contribution in [0.15, 0.2) is 78.9 Å². The molecule has 0 aliphatic heterocycles. The van der Waals surface area contributed by atoms with Crippen LogP contribution in [0.2, 0.25) is 0 Å². The minimum absolute atomic E-state index is 0.0845. The predicted molar refractivity (Wildman–Crippen MR) is 118 cm³/mol. The van der Waals surface area contributed by atoms with Gasteiger partial charge >= 0.3 is 0 Å². The van der Waals surface area contributed by atoms with Gasteiger partial charge in [0.1, 0.15) is 5.75 Å². The number of benzene rings is 3. The van der Waals surface area contributed by atoms with Crippen LogP contribution in [0.5, 0.6) is 5.75 Å². The molecule has 0 atom stereocenters. The average molecular weight is 417 g/mol. The molecule has 3 aromatic carbocycles. The summed E-state index contributed by atoms with van der Waals surface area (Å²) in [5.74, 6) is -0.0538. The Bertz CT molecular complexity index is 1120. The van der Waals surface area contributed by atoms with Gasteiger partial charge in [-0.25, -0.2) is 0 Å². The highest BCUT2D eigenvalue weighted by Gasteiger charge is 2.10. The molecule has 2 N–H and O–H groups in total. The average Bonchev–Trinajstić information content (AvgIpc) is 2.78. The number of nitrogens with one attached hydrogen (secondary N) is 2.